The molecule has 1 saturated heterocycles. The van der Waals surface area contributed by atoms with Crippen molar-refractivity contribution in [3.63, 3.8) is 0 Å². The summed E-state index contributed by atoms with van der Waals surface area (Å²) in [6.45, 7) is 3.65. The third-order valence-corrected chi connectivity index (χ3v) is 5.31. The Labute approximate surface area is 162 Å². The van der Waals surface area contributed by atoms with E-state index >= 15 is 0 Å². The lowest BCUT2D eigenvalue weighted by Gasteiger charge is -2.19. The number of fused-ring (bicyclic) bond motifs is 1. The second-order valence-electron chi connectivity index (χ2n) is 7.02. The molecule has 0 spiro atoms. The molecule has 0 N–H and O–H groups in total. The fourth-order valence-electron chi connectivity index (χ4n) is 3.73. The second kappa shape index (κ2) is 7.67. The van der Waals surface area contributed by atoms with E-state index in [-0.39, 0.29) is 12.1 Å². The lowest BCUT2D eigenvalue weighted by molar-refractivity contribution is 0.0803. The molecule has 7 heteroatoms. The van der Waals surface area contributed by atoms with E-state index in [2.05, 4.69) is 4.98 Å². The standard InChI is InChI=1S/C21H24N2O5/c1-13-8-21(24)23(16-10-18(26-3)17(25-2)9-15(13)16)12-20-22-11-19(28-20)14-4-6-27-7-5-14/h8-11,14H,4-7,12H2,1-3H3. The predicted molar refractivity (Wildman–Crippen MR) is 104 cm³/mol. The highest BCUT2D eigenvalue weighted by atomic mass is 16.5. The first kappa shape index (κ1) is 18.6. The van der Waals surface area contributed by atoms with Gasteiger partial charge in [-0.2, -0.15) is 0 Å². The topological polar surface area (TPSA) is 75.7 Å². The van der Waals surface area contributed by atoms with Gasteiger partial charge >= 0.3 is 0 Å². The van der Waals surface area contributed by atoms with Crippen LogP contribution in [-0.4, -0.2) is 37.0 Å². The minimum absolute atomic E-state index is 0.108. The number of hydrogen-bond donors (Lipinski definition) is 0. The van der Waals surface area contributed by atoms with Crippen LogP contribution in [-0.2, 0) is 11.3 Å². The lowest BCUT2D eigenvalue weighted by Crippen LogP contribution is -2.21. The maximum atomic E-state index is 12.7. The van der Waals surface area contributed by atoms with Crippen molar-refractivity contribution in [2.75, 3.05) is 27.4 Å². The summed E-state index contributed by atoms with van der Waals surface area (Å²) in [5.41, 5.74) is 1.53. The van der Waals surface area contributed by atoms with E-state index in [1.165, 1.54) is 0 Å². The fraction of sp³-hybridized carbons (Fsp3) is 0.429. The second-order valence-corrected chi connectivity index (χ2v) is 7.02. The van der Waals surface area contributed by atoms with Gasteiger partial charge in [0, 0.05) is 36.7 Å². The van der Waals surface area contributed by atoms with Gasteiger partial charge in [0.2, 0.25) is 5.89 Å². The van der Waals surface area contributed by atoms with Crippen LogP contribution in [0.4, 0.5) is 0 Å². The van der Waals surface area contributed by atoms with E-state index in [4.69, 9.17) is 18.6 Å². The molecular formula is C21H24N2O5. The molecule has 3 heterocycles. The van der Waals surface area contributed by atoms with Crippen LogP contribution in [0.5, 0.6) is 11.5 Å². The van der Waals surface area contributed by atoms with Crippen molar-refractivity contribution in [2.45, 2.75) is 32.2 Å². The number of pyridine rings is 1. The average Bonchev–Trinajstić information content (AvgIpc) is 3.19. The highest BCUT2D eigenvalue weighted by molar-refractivity contribution is 5.86. The molecule has 0 saturated carbocycles. The summed E-state index contributed by atoms with van der Waals surface area (Å²) in [4.78, 5) is 17.1. The van der Waals surface area contributed by atoms with E-state index in [0.29, 0.717) is 23.3 Å². The Morgan fingerprint density at radius 2 is 1.86 bits per heavy atom. The molecule has 7 nitrogen and oxygen atoms in total. The average molecular weight is 384 g/mol. The van der Waals surface area contributed by atoms with Crippen molar-refractivity contribution in [3.8, 4) is 11.5 Å². The molecule has 0 aliphatic carbocycles. The number of oxazole rings is 1. The number of ether oxygens (including phenoxy) is 3. The maximum Gasteiger partial charge on any atom is 0.251 e. The van der Waals surface area contributed by atoms with Gasteiger partial charge in [-0.25, -0.2) is 4.98 Å². The minimum atomic E-state index is -0.108. The van der Waals surface area contributed by atoms with Gasteiger partial charge in [-0.15, -0.1) is 0 Å². The van der Waals surface area contributed by atoms with Crippen LogP contribution in [0.15, 0.2) is 33.6 Å². The molecule has 148 valence electrons. The zero-order chi connectivity index (χ0) is 19.7. The van der Waals surface area contributed by atoms with E-state index in [0.717, 1.165) is 48.3 Å². The Morgan fingerprint density at radius 3 is 2.57 bits per heavy atom. The number of methoxy groups -OCH3 is 2. The molecule has 0 bridgehead atoms. The molecule has 2 aromatic heterocycles. The van der Waals surface area contributed by atoms with Gasteiger partial charge in [-0.1, -0.05) is 0 Å². The Balaban J connectivity index is 1.74. The molecule has 3 aromatic rings. The summed E-state index contributed by atoms with van der Waals surface area (Å²) < 4.78 is 23.9. The summed E-state index contributed by atoms with van der Waals surface area (Å²) in [6.07, 6.45) is 3.63. The summed E-state index contributed by atoms with van der Waals surface area (Å²) >= 11 is 0. The molecule has 1 aromatic carbocycles. The maximum absolute atomic E-state index is 12.7. The molecule has 0 atom stereocenters. The van der Waals surface area contributed by atoms with Crippen LogP contribution in [0.2, 0.25) is 0 Å². The number of aromatic nitrogens is 2. The molecule has 0 amide bonds. The number of rotatable bonds is 5. The van der Waals surface area contributed by atoms with Gasteiger partial charge < -0.3 is 18.6 Å². The third-order valence-electron chi connectivity index (χ3n) is 5.31. The number of benzene rings is 1. The highest BCUT2D eigenvalue weighted by Crippen LogP contribution is 2.33. The zero-order valence-corrected chi connectivity index (χ0v) is 16.4. The van der Waals surface area contributed by atoms with Gasteiger partial charge in [0.05, 0.1) is 25.9 Å². The van der Waals surface area contributed by atoms with E-state index in [9.17, 15) is 4.79 Å². The largest absolute Gasteiger partial charge is 0.493 e. The molecule has 1 fully saturated rings. The Kier molecular flexibility index (Phi) is 5.09. The molecular weight excluding hydrogens is 360 g/mol. The molecule has 28 heavy (non-hydrogen) atoms. The smallest absolute Gasteiger partial charge is 0.251 e. The monoisotopic (exact) mass is 384 g/mol. The van der Waals surface area contributed by atoms with Gasteiger partial charge in [0.1, 0.15) is 12.3 Å². The first-order chi connectivity index (χ1) is 13.6. The molecule has 1 aliphatic heterocycles. The van der Waals surface area contributed by atoms with Crippen LogP contribution >= 0.6 is 0 Å². The number of aryl methyl sites for hydroxylation is 1. The number of hydrogen-bond acceptors (Lipinski definition) is 6. The predicted octanol–water partition coefficient (Wildman–Crippen LogP) is 3.26. The summed E-state index contributed by atoms with van der Waals surface area (Å²) in [5.74, 6) is 2.90. The van der Waals surface area contributed by atoms with Crippen LogP contribution < -0.4 is 15.0 Å². The first-order valence-corrected chi connectivity index (χ1v) is 9.39. The van der Waals surface area contributed by atoms with Crippen LogP contribution in [0.1, 0.15) is 36.0 Å². The number of nitrogens with zero attached hydrogens (tertiary/aromatic N) is 2. The quantitative estimate of drug-likeness (QED) is 0.672. The SMILES string of the molecule is COc1cc2c(C)cc(=O)n(Cc3ncc(C4CCOCC4)o3)c2cc1OC. The van der Waals surface area contributed by atoms with Crippen molar-refractivity contribution >= 4 is 10.9 Å². The first-order valence-electron chi connectivity index (χ1n) is 9.39. The van der Waals surface area contributed by atoms with Gasteiger partial charge in [0.15, 0.2) is 11.5 Å². The Bertz CT molecular complexity index is 1050. The van der Waals surface area contributed by atoms with Crippen LogP contribution in [0.25, 0.3) is 10.9 Å². The van der Waals surface area contributed by atoms with Gasteiger partial charge in [-0.3, -0.25) is 9.36 Å². The van der Waals surface area contributed by atoms with Crippen LogP contribution in [0, 0.1) is 6.92 Å². The summed E-state index contributed by atoms with van der Waals surface area (Å²) in [7, 11) is 3.18. The molecule has 0 unspecified atom stereocenters. The van der Waals surface area contributed by atoms with Crippen molar-refractivity contribution in [1.82, 2.24) is 9.55 Å². The minimum Gasteiger partial charge on any atom is -0.493 e. The Hall–Kier alpha value is -2.80. The van der Waals surface area contributed by atoms with Crippen molar-refractivity contribution in [2.24, 2.45) is 0 Å². The lowest BCUT2D eigenvalue weighted by atomic mass is 9.98. The Morgan fingerprint density at radius 1 is 1.14 bits per heavy atom. The molecule has 1 aliphatic rings. The fourth-order valence-corrected chi connectivity index (χ4v) is 3.73. The van der Waals surface area contributed by atoms with Crippen LogP contribution in [0.3, 0.4) is 0 Å². The third kappa shape index (κ3) is 3.38. The van der Waals surface area contributed by atoms with E-state index in [1.807, 2.05) is 19.1 Å². The van der Waals surface area contributed by atoms with Gasteiger partial charge in [0.25, 0.3) is 5.56 Å². The molecule has 0 radical (unpaired) electrons. The van der Waals surface area contributed by atoms with E-state index in [1.54, 1.807) is 31.0 Å². The van der Waals surface area contributed by atoms with Crippen molar-refractivity contribution in [3.05, 3.63) is 52.0 Å². The normalized spacial score (nSPS) is 15.1. The summed E-state index contributed by atoms with van der Waals surface area (Å²) in [5, 5.41) is 0.924. The van der Waals surface area contributed by atoms with Gasteiger partial charge in [-0.05, 0) is 31.4 Å². The van der Waals surface area contributed by atoms with Crippen molar-refractivity contribution in [1.29, 1.82) is 0 Å². The van der Waals surface area contributed by atoms with Crippen molar-refractivity contribution < 1.29 is 18.6 Å². The zero-order valence-electron chi connectivity index (χ0n) is 16.4. The van der Waals surface area contributed by atoms with E-state index < -0.39 is 0 Å². The highest BCUT2D eigenvalue weighted by Gasteiger charge is 2.21. The molecule has 4 rings (SSSR count). The summed E-state index contributed by atoms with van der Waals surface area (Å²) in [6, 6.07) is 5.34.